The van der Waals surface area contributed by atoms with Crippen LogP contribution >= 0.6 is 0 Å². The summed E-state index contributed by atoms with van der Waals surface area (Å²) in [5, 5.41) is 3.82. The molecule has 0 aliphatic heterocycles. The van der Waals surface area contributed by atoms with Gasteiger partial charge in [-0.15, -0.1) is 0 Å². The molecule has 3 rings (SSSR count). The Balaban J connectivity index is 1.72. The number of nitrogens with one attached hydrogen (secondary N) is 1. The van der Waals surface area contributed by atoms with Crippen LogP contribution in [0.1, 0.15) is 42.4 Å². The highest BCUT2D eigenvalue weighted by atomic mass is 15.2. The topological polar surface area (TPSA) is 15.3 Å². The van der Waals surface area contributed by atoms with Crippen molar-refractivity contribution in [2.24, 2.45) is 0 Å². The first-order valence-corrected chi connectivity index (χ1v) is 9.42. The zero-order chi connectivity index (χ0) is 17.6. The molecular weight excluding hydrogens is 304 g/mol. The minimum Gasteiger partial charge on any atom is -0.370 e. The third-order valence-electron chi connectivity index (χ3n) is 5.53. The van der Waals surface area contributed by atoms with Crippen molar-refractivity contribution in [3.63, 3.8) is 0 Å². The molecule has 1 aliphatic carbocycles. The molecule has 1 N–H and O–H groups in total. The van der Waals surface area contributed by atoms with E-state index in [1.165, 1.54) is 48.1 Å². The first-order valence-electron chi connectivity index (χ1n) is 9.42. The fourth-order valence-corrected chi connectivity index (χ4v) is 3.92. The summed E-state index contributed by atoms with van der Waals surface area (Å²) in [6, 6.07) is 18.5. The molecule has 1 saturated carbocycles. The van der Waals surface area contributed by atoms with Gasteiger partial charge in [-0.25, -0.2) is 0 Å². The van der Waals surface area contributed by atoms with Gasteiger partial charge in [-0.05, 0) is 48.6 Å². The number of anilines is 1. The minimum atomic E-state index is 0.535. The lowest BCUT2D eigenvalue weighted by atomic mass is 9.88. The average Bonchev–Trinajstić information content (AvgIpc) is 2.67. The summed E-state index contributed by atoms with van der Waals surface area (Å²) in [6.45, 7) is 7.04. The molecule has 2 nitrogen and oxygen atoms in total. The van der Waals surface area contributed by atoms with Gasteiger partial charge in [-0.1, -0.05) is 61.9 Å². The summed E-state index contributed by atoms with van der Waals surface area (Å²) < 4.78 is 0. The Morgan fingerprint density at radius 1 is 1.12 bits per heavy atom. The van der Waals surface area contributed by atoms with Crippen LogP contribution in [0, 0.1) is 6.92 Å². The maximum absolute atomic E-state index is 3.95. The van der Waals surface area contributed by atoms with Crippen LogP contribution in [0.5, 0.6) is 0 Å². The van der Waals surface area contributed by atoms with Crippen LogP contribution in [0.3, 0.4) is 0 Å². The van der Waals surface area contributed by atoms with Crippen molar-refractivity contribution < 1.29 is 0 Å². The summed E-state index contributed by atoms with van der Waals surface area (Å²) in [5.74, 6) is 0. The van der Waals surface area contributed by atoms with E-state index in [2.05, 4.69) is 79.3 Å². The fourth-order valence-electron chi connectivity index (χ4n) is 3.92. The second-order valence-electron chi connectivity index (χ2n) is 7.18. The molecule has 2 aromatic carbocycles. The van der Waals surface area contributed by atoms with Crippen LogP contribution in [-0.2, 0) is 6.54 Å². The number of benzene rings is 2. The van der Waals surface area contributed by atoms with Crippen LogP contribution in [-0.4, -0.2) is 19.1 Å². The largest absolute Gasteiger partial charge is 0.370 e. The summed E-state index contributed by atoms with van der Waals surface area (Å²) in [6.07, 6.45) is 7.10. The molecular formula is C23H30N2. The molecule has 0 radical (unpaired) electrons. The molecule has 0 bridgehead atoms. The van der Waals surface area contributed by atoms with Gasteiger partial charge in [0.25, 0.3) is 0 Å². The first-order chi connectivity index (χ1) is 12.2. The number of likely N-dealkylation sites (N-methyl/N-ethyl adjacent to an activating group) is 1. The lowest BCUT2D eigenvalue weighted by Gasteiger charge is -2.40. The molecule has 2 aromatic rings. The molecule has 1 fully saturated rings. The van der Waals surface area contributed by atoms with Gasteiger partial charge in [-0.2, -0.15) is 0 Å². The monoisotopic (exact) mass is 334 g/mol. The number of rotatable bonds is 6. The van der Waals surface area contributed by atoms with Crippen molar-refractivity contribution in [1.29, 1.82) is 0 Å². The smallest absolute Gasteiger partial charge is 0.0440 e. The van der Waals surface area contributed by atoms with Gasteiger partial charge in [0.15, 0.2) is 0 Å². The van der Waals surface area contributed by atoms with E-state index in [4.69, 9.17) is 0 Å². The number of hydrogen-bond donors (Lipinski definition) is 1. The van der Waals surface area contributed by atoms with Gasteiger partial charge in [0.05, 0.1) is 0 Å². The van der Waals surface area contributed by atoms with Crippen molar-refractivity contribution in [2.45, 2.75) is 51.2 Å². The Hall–Kier alpha value is -2.06. The fraction of sp³-hybridized carbons (Fsp3) is 0.391. The molecule has 0 spiro atoms. The molecule has 0 heterocycles. The average molecular weight is 335 g/mol. The molecule has 2 unspecified atom stereocenters. The van der Waals surface area contributed by atoms with E-state index in [1.807, 2.05) is 6.08 Å². The summed E-state index contributed by atoms with van der Waals surface area (Å²) >= 11 is 0. The maximum atomic E-state index is 3.95. The van der Waals surface area contributed by atoms with Gasteiger partial charge in [0, 0.05) is 31.4 Å². The van der Waals surface area contributed by atoms with Gasteiger partial charge in [0.2, 0.25) is 0 Å². The predicted molar refractivity (Wildman–Crippen MR) is 109 cm³/mol. The van der Waals surface area contributed by atoms with E-state index in [-0.39, 0.29) is 0 Å². The molecule has 2 heteroatoms. The van der Waals surface area contributed by atoms with Crippen molar-refractivity contribution in [3.05, 3.63) is 71.8 Å². The molecule has 132 valence electrons. The lowest BCUT2D eigenvalue weighted by Crippen LogP contribution is -2.50. The van der Waals surface area contributed by atoms with Gasteiger partial charge >= 0.3 is 0 Å². The van der Waals surface area contributed by atoms with Crippen LogP contribution in [0.4, 0.5) is 5.69 Å². The van der Waals surface area contributed by atoms with Gasteiger partial charge in [-0.3, -0.25) is 0 Å². The lowest BCUT2D eigenvalue weighted by molar-refractivity contribution is 0.318. The molecule has 2 atom stereocenters. The SMILES string of the molecule is C=Cc1cc(N(C)C2CCCCC2NCc2ccccc2)ccc1C. The van der Waals surface area contributed by atoms with Gasteiger partial charge in [0.1, 0.15) is 0 Å². The van der Waals surface area contributed by atoms with E-state index in [9.17, 15) is 0 Å². The molecule has 1 aliphatic rings. The first kappa shape index (κ1) is 17.8. The van der Waals surface area contributed by atoms with E-state index >= 15 is 0 Å². The van der Waals surface area contributed by atoms with Crippen LogP contribution < -0.4 is 10.2 Å². The zero-order valence-corrected chi connectivity index (χ0v) is 15.5. The summed E-state index contributed by atoms with van der Waals surface area (Å²) in [5.41, 5.74) is 5.17. The second kappa shape index (κ2) is 8.35. The Labute approximate surface area is 152 Å². The van der Waals surface area contributed by atoms with Gasteiger partial charge < -0.3 is 10.2 Å². The molecule has 0 amide bonds. The summed E-state index contributed by atoms with van der Waals surface area (Å²) in [4.78, 5) is 2.47. The molecule has 0 saturated heterocycles. The van der Waals surface area contributed by atoms with Crippen molar-refractivity contribution in [1.82, 2.24) is 5.32 Å². The highest BCUT2D eigenvalue weighted by Gasteiger charge is 2.28. The van der Waals surface area contributed by atoms with E-state index in [0.717, 1.165) is 6.54 Å². The quantitative estimate of drug-likeness (QED) is 0.783. The standard InChI is InChI=1S/C23H30N2/c1-4-20-16-21(15-14-18(20)2)25(3)23-13-9-8-12-22(23)24-17-19-10-6-5-7-11-19/h4-7,10-11,14-16,22-24H,1,8-9,12-13,17H2,2-3H3. The third kappa shape index (κ3) is 4.32. The Morgan fingerprint density at radius 3 is 2.64 bits per heavy atom. The maximum Gasteiger partial charge on any atom is 0.0440 e. The normalized spacial score (nSPS) is 20.2. The van der Waals surface area contributed by atoms with Crippen LogP contribution in [0.2, 0.25) is 0 Å². The Morgan fingerprint density at radius 2 is 1.88 bits per heavy atom. The zero-order valence-electron chi connectivity index (χ0n) is 15.5. The highest BCUT2D eigenvalue weighted by molar-refractivity contribution is 5.60. The van der Waals surface area contributed by atoms with Crippen molar-refractivity contribution in [3.8, 4) is 0 Å². The summed E-state index contributed by atoms with van der Waals surface area (Å²) in [7, 11) is 2.24. The molecule has 25 heavy (non-hydrogen) atoms. The number of nitrogens with zero attached hydrogens (tertiary/aromatic N) is 1. The van der Waals surface area contributed by atoms with E-state index < -0.39 is 0 Å². The van der Waals surface area contributed by atoms with Crippen LogP contribution in [0.15, 0.2) is 55.1 Å². The number of hydrogen-bond acceptors (Lipinski definition) is 2. The minimum absolute atomic E-state index is 0.535. The van der Waals surface area contributed by atoms with E-state index in [0.29, 0.717) is 12.1 Å². The Bertz CT molecular complexity index is 692. The van der Waals surface area contributed by atoms with Crippen molar-refractivity contribution in [2.75, 3.05) is 11.9 Å². The number of aryl methyl sites for hydroxylation is 1. The third-order valence-corrected chi connectivity index (χ3v) is 5.53. The van der Waals surface area contributed by atoms with Crippen LogP contribution in [0.25, 0.3) is 6.08 Å². The van der Waals surface area contributed by atoms with E-state index in [1.54, 1.807) is 0 Å². The predicted octanol–water partition coefficient (Wildman–Crippen LogP) is 5.18. The van der Waals surface area contributed by atoms with Crippen molar-refractivity contribution >= 4 is 11.8 Å². The Kier molecular flexibility index (Phi) is 5.93. The second-order valence-corrected chi connectivity index (χ2v) is 7.18. The highest BCUT2D eigenvalue weighted by Crippen LogP contribution is 2.28. The molecule has 0 aromatic heterocycles.